The summed E-state index contributed by atoms with van der Waals surface area (Å²) in [4.78, 5) is 12.0. The van der Waals surface area contributed by atoms with Gasteiger partial charge in [0, 0.05) is 23.5 Å². The maximum Gasteiger partial charge on any atom is 0.263 e. The first-order valence-electron chi connectivity index (χ1n) is 7.04. The van der Waals surface area contributed by atoms with Gasteiger partial charge < -0.3 is 10.6 Å². The number of halogens is 1. The van der Waals surface area contributed by atoms with Gasteiger partial charge in [-0.1, -0.05) is 35.9 Å². The van der Waals surface area contributed by atoms with Crippen molar-refractivity contribution in [3.63, 3.8) is 0 Å². The number of hydrogen-bond acceptors (Lipinski definition) is 3. The first kappa shape index (κ1) is 16.6. The second-order valence-corrected chi connectivity index (χ2v) is 5.43. The minimum absolute atomic E-state index is 0.0143. The summed E-state index contributed by atoms with van der Waals surface area (Å²) in [5, 5.41) is 15.4. The lowest BCUT2D eigenvalue weighted by Gasteiger charge is -2.06. The number of rotatable bonds is 5. The SMILES string of the molecule is Cc1cccc(N/C=C(/C#N)C(=O)NCc2ccc(Cl)cc2)c1. The van der Waals surface area contributed by atoms with Crippen LogP contribution in [-0.2, 0) is 11.3 Å². The van der Waals surface area contributed by atoms with Crippen LogP contribution in [0.4, 0.5) is 5.69 Å². The van der Waals surface area contributed by atoms with Crippen LogP contribution in [-0.4, -0.2) is 5.91 Å². The van der Waals surface area contributed by atoms with Crippen molar-refractivity contribution in [2.24, 2.45) is 0 Å². The van der Waals surface area contributed by atoms with Crippen molar-refractivity contribution in [2.75, 3.05) is 5.32 Å². The molecule has 0 radical (unpaired) electrons. The van der Waals surface area contributed by atoms with Crippen LogP contribution < -0.4 is 10.6 Å². The molecule has 0 saturated carbocycles. The van der Waals surface area contributed by atoms with E-state index in [0.29, 0.717) is 11.6 Å². The Bertz CT molecular complexity index is 761. The molecule has 0 atom stereocenters. The molecule has 0 aliphatic heterocycles. The molecule has 2 rings (SSSR count). The van der Waals surface area contributed by atoms with E-state index >= 15 is 0 Å². The van der Waals surface area contributed by atoms with Crippen LogP contribution in [0.2, 0.25) is 5.02 Å². The maximum absolute atomic E-state index is 12.0. The molecule has 23 heavy (non-hydrogen) atoms. The summed E-state index contributed by atoms with van der Waals surface area (Å²) in [5.41, 5.74) is 2.84. The van der Waals surface area contributed by atoms with Gasteiger partial charge in [-0.15, -0.1) is 0 Å². The van der Waals surface area contributed by atoms with E-state index in [-0.39, 0.29) is 5.57 Å². The van der Waals surface area contributed by atoms with Crippen LogP contribution in [0.25, 0.3) is 0 Å². The Morgan fingerprint density at radius 1 is 1.26 bits per heavy atom. The molecule has 0 unspecified atom stereocenters. The molecule has 5 heteroatoms. The van der Waals surface area contributed by atoms with E-state index in [4.69, 9.17) is 16.9 Å². The van der Waals surface area contributed by atoms with Crippen molar-refractivity contribution in [1.82, 2.24) is 5.32 Å². The Morgan fingerprint density at radius 2 is 2.00 bits per heavy atom. The molecule has 2 aromatic carbocycles. The van der Waals surface area contributed by atoms with Crippen molar-refractivity contribution in [2.45, 2.75) is 13.5 Å². The molecule has 0 bridgehead atoms. The van der Waals surface area contributed by atoms with Crippen LogP contribution in [0, 0.1) is 18.3 Å². The fraction of sp³-hybridized carbons (Fsp3) is 0.111. The number of nitriles is 1. The minimum atomic E-state index is -0.428. The second-order valence-electron chi connectivity index (χ2n) is 4.99. The molecule has 0 saturated heterocycles. The normalized spacial score (nSPS) is 10.7. The highest BCUT2D eigenvalue weighted by Gasteiger charge is 2.08. The average molecular weight is 326 g/mol. The van der Waals surface area contributed by atoms with Crippen molar-refractivity contribution in [3.05, 3.63) is 76.5 Å². The molecule has 116 valence electrons. The Balaban J connectivity index is 1.96. The fourth-order valence-corrected chi connectivity index (χ4v) is 2.04. The highest BCUT2D eigenvalue weighted by atomic mass is 35.5. The summed E-state index contributed by atoms with van der Waals surface area (Å²) >= 11 is 5.81. The Labute approximate surface area is 140 Å². The van der Waals surface area contributed by atoms with Crippen LogP contribution in [0.3, 0.4) is 0 Å². The zero-order valence-corrected chi connectivity index (χ0v) is 13.4. The number of nitrogens with one attached hydrogen (secondary N) is 2. The van der Waals surface area contributed by atoms with Gasteiger partial charge in [0.15, 0.2) is 0 Å². The van der Waals surface area contributed by atoms with Crippen molar-refractivity contribution in [3.8, 4) is 6.07 Å². The molecule has 2 N–H and O–H groups in total. The zero-order chi connectivity index (χ0) is 16.7. The van der Waals surface area contributed by atoms with Gasteiger partial charge in [0.25, 0.3) is 5.91 Å². The third-order valence-electron chi connectivity index (χ3n) is 3.13. The van der Waals surface area contributed by atoms with Crippen LogP contribution in [0.15, 0.2) is 60.3 Å². The molecule has 0 heterocycles. The number of anilines is 1. The highest BCUT2D eigenvalue weighted by molar-refractivity contribution is 6.30. The quantitative estimate of drug-likeness (QED) is 0.649. The largest absolute Gasteiger partial charge is 0.360 e. The third kappa shape index (κ3) is 5.17. The number of carbonyl (C=O) groups excluding carboxylic acids is 1. The van der Waals surface area contributed by atoms with E-state index in [1.165, 1.54) is 6.20 Å². The van der Waals surface area contributed by atoms with Gasteiger partial charge >= 0.3 is 0 Å². The third-order valence-corrected chi connectivity index (χ3v) is 3.38. The first-order valence-corrected chi connectivity index (χ1v) is 7.42. The van der Waals surface area contributed by atoms with Crippen LogP contribution >= 0.6 is 11.6 Å². The van der Waals surface area contributed by atoms with E-state index in [9.17, 15) is 4.79 Å². The topological polar surface area (TPSA) is 64.9 Å². The standard InChI is InChI=1S/C18H16ClN3O/c1-13-3-2-4-17(9-13)21-12-15(10-20)18(23)22-11-14-5-7-16(19)8-6-14/h2-9,12,21H,11H2,1H3,(H,22,23)/b15-12-. The summed E-state index contributed by atoms with van der Waals surface area (Å²) in [6, 6.07) is 16.7. The van der Waals surface area contributed by atoms with Gasteiger partial charge in [-0.25, -0.2) is 0 Å². The summed E-state index contributed by atoms with van der Waals surface area (Å²) in [6.07, 6.45) is 1.41. The molecule has 0 fully saturated rings. The molecule has 0 aliphatic rings. The minimum Gasteiger partial charge on any atom is -0.360 e. The monoisotopic (exact) mass is 325 g/mol. The lowest BCUT2D eigenvalue weighted by atomic mass is 10.2. The lowest BCUT2D eigenvalue weighted by Crippen LogP contribution is -2.24. The predicted molar refractivity (Wildman–Crippen MR) is 91.8 cm³/mol. The van der Waals surface area contributed by atoms with E-state index < -0.39 is 5.91 Å². The van der Waals surface area contributed by atoms with Gasteiger partial charge in [0.05, 0.1) is 0 Å². The van der Waals surface area contributed by atoms with Crippen molar-refractivity contribution < 1.29 is 4.79 Å². The van der Waals surface area contributed by atoms with Crippen molar-refractivity contribution >= 4 is 23.2 Å². The highest BCUT2D eigenvalue weighted by Crippen LogP contribution is 2.11. The Morgan fingerprint density at radius 3 is 2.65 bits per heavy atom. The molecule has 0 aliphatic carbocycles. The van der Waals surface area contributed by atoms with Crippen LogP contribution in [0.5, 0.6) is 0 Å². The average Bonchev–Trinajstić information content (AvgIpc) is 2.55. The smallest absolute Gasteiger partial charge is 0.263 e. The van der Waals surface area contributed by atoms with Gasteiger partial charge in [0.2, 0.25) is 0 Å². The number of nitrogens with zero attached hydrogens (tertiary/aromatic N) is 1. The number of hydrogen-bond donors (Lipinski definition) is 2. The number of carbonyl (C=O) groups is 1. The summed E-state index contributed by atoms with van der Waals surface area (Å²) < 4.78 is 0. The Kier molecular flexibility index (Phi) is 5.79. The van der Waals surface area contributed by atoms with Gasteiger partial charge in [-0.2, -0.15) is 5.26 Å². The molecule has 0 spiro atoms. The molecule has 4 nitrogen and oxygen atoms in total. The van der Waals surface area contributed by atoms with Crippen LogP contribution in [0.1, 0.15) is 11.1 Å². The summed E-state index contributed by atoms with van der Waals surface area (Å²) in [5.74, 6) is -0.428. The summed E-state index contributed by atoms with van der Waals surface area (Å²) in [7, 11) is 0. The molecule has 0 aromatic heterocycles. The number of amides is 1. The Hall–Kier alpha value is -2.77. The molecule has 2 aromatic rings. The van der Waals surface area contributed by atoms with Gasteiger partial charge in [-0.05, 0) is 42.3 Å². The van der Waals surface area contributed by atoms with E-state index in [2.05, 4.69) is 10.6 Å². The van der Waals surface area contributed by atoms with Crippen molar-refractivity contribution in [1.29, 1.82) is 5.26 Å². The second kappa shape index (κ2) is 8.02. The fourth-order valence-electron chi connectivity index (χ4n) is 1.92. The van der Waals surface area contributed by atoms with E-state index in [0.717, 1.165) is 16.8 Å². The van der Waals surface area contributed by atoms with E-state index in [1.54, 1.807) is 12.1 Å². The predicted octanol–water partition coefficient (Wildman–Crippen LogP) is 3.78. The number of benzene rings is 2. The molecule has 1 amide bonds. The molecular formula is C18H16ClN3O. The van der Waals surface area contributed by atoms with E-state index in [1.807, 2.05) is 49.4 Å². The zero-order valence-electron chi connectivity index (χ0n) is 12.6. The van der Waals surface area contributed by atoms with Gasteiger partial charge in [0.1, 0.15) is 11.6 Å². The molecular weight excluding hydrogens is 310 g/mol. The first-order chi connectivity index (χ1) is 11.1. The van der Waals surface area contributed by atoms with Gasteiger partial charge in [-0.3, -0.25) is 4.79 Å². The lowest BCUT2D eigenvalue weighted by molar-refractivity contribution is -0.117. The maximum atomic E-state index is 12.0. The number of aryl methyl sites for hydroxylation is 1. The summed E-state index contributed by atoms with van der Waals surface area (Å²) in [6.45, 7) is 2.30.